The molecule has 1 N–H and O–H groups in total. The van der Waals surface area contributed by atoms with E-state index in [1.165, 1.54) is 30.0 Å². The molecule has 170 valence electrons. The lowest BCUT2D eigenvalue weighted by atomic mass is 10.1. The standard InChI is InChI=1S/C24H19N5O3S2/c1-15(30)17-8-5-9-18(12-17)25-20(31)14-34-24-27-26-23-28(13-16-6-3-2-4-7-16)22(32)21-19(29(23)24)10-11-33-21/h2-12H,13-14H2,1H3,(H,25,31). The van der Waals surface area contributed by atoms with E-state index in [0.717, 1.165) is 11.1 Å². The molecule has 34 heavy (non-hydrogen) atoms. The summed E-state index contributed by atoms with van der Waals surface area (Å²) < 4.78 is 4.04. The summed E-state index contributed by atoms with van der Waals surface area (Å²) in [6.07, 6.45) is 0. The van der Waals surface area contributed by atoms with Gasteiger partial charge in [0, 0.05) is 11.3 Å². The average molecular weight is 490 g/mol. The van der Waals surface area contributed by atoms with Crippen LogP contribution < -0.4 is 10.9 Å². The highest BCUT2D eigenvalue weighted by atomic mass is 32.2. The van der Waals surface area contributed by atoms with Crippen LogP contribution >= 0.6 is 23.1 Å². The fourth-order valence-electron chi connectivity index (χ4n) is 3.65. The predicted octanol–water partition coefficient (Wildman–Crippen LogP) is 4.09. The van der Waals surface area contributed by atoms with E-state index in [2.05, 4.69) is 15.5 Å². The summed E-state index contributed by atoms with van der Waals surface area (Å²) in [6, 6.07) is 18.4. The van der Waals surface area contributed by atoms with Gasteiger partial charge in [-0.2, -0.15) is 0 Å². The largest absolute Gasteiger partial charge is 0.325 e. The molecule has 0 aliphatic heterocycles. The molecule has 5 aromatic rings. The molecule has 0 radical (unpaired) electrons. The van der Waals surface area contributed by atoms with E-state index in [9.17, 15) is 14.4 Å². The molecule has 0 spiro atoms. The molecule has 8 nitrogen and oxygen atoms in total. The van der Waals surface area contributed by atoms with Crippen LogP contribution in [0.5, 0.6) is 0 Å². The van der Waals surface area contributed by atoms with Crippen molar-refractivity contribution in [1.82, 2.24) is 19.2 Å². The third-order valence-electron chi connectivity index (χ3n) is 5.25. The number of hydrogen-bond donors (Lipinski definition) is 1. The normalized spacial score (nSPS) is 11.2. The number of rotatable bonds is 7. The Morgan fingerprint density at radius 2 is 1.88 bits per heavy atom. The zero-order valence-corrected chi connectivity index (χ0v) is 19.7. The quantitative estimate of drug-likeness (QED) is 0.273. The Morgan fingerprint density at radius 1 is 1.06 bits per heavy atom. The number of carbonyl (C=O) groups is 2. The summed E-state index contributed by atoms with van der Waals surface area (Å²) in [6.45, 7) is 1.85. The molecule has 0 bridgehead atoms. The van der Waals surface area contributed by atoms with E-state index < -0.39 is 0 Å². The zero-order chi connectivity index (χ0) is 23.7. The van der Waals surface area contributed by atoms with Gasteiger partial charge in [-0.15, -0.1) is 21.5 Å². The van der Waals surface area contributed by atoms with Gasteiger partial charge in [-0.05, 0) is 36.1 Å². The number of Topliss-reactive ketones (excluding diaryl/α,β-unsaturated/α-hetero) is 1. The van der Waals surface area contributed by atoms with Crippen molar-refractivity contribution in [3.8, 4) is 0 Å². The summed E-state index contributed by atoms with van der Waals surface area (Å²) in [5.41, 5.74) is 2.67. The highest BCUT2D eigenvalue weighted by Crippen LogP contribution is 2.25. The molecule has 0 unspecified atom stereocenters. The molecule has 0 atom stereocenters. The van der Waals surface area contributed by atoms with Crippen LogP contribution in [0.4, 0.5) is 5.69 Å². The fourth-order valence-corrected chi connectivity index (χ4v) is 5.21. The molecule has 1 amide bonds. The fraction of sp³-hybridized carbons (Fsp3) is 0.125. The summed E-state index contributed by atoms with van der Waals surface area (Å²) in [5, 5.41) is 13.8. The minimum Gasteiger partial charge on any atom is -0.325 e. The van der Waals surface area contributed by atoms with Crippen LogP contribution in [0.3, 0.4) is 0 Å². The Balaban J connectivity index is 1.43. The number of benzene rings is 2. The van der Waals surface area contributed by atoms with Gasteiger partial charge in [-0.3, -0.25) is 23.4 Å². The highest BCUT2D eigenvalue weighted by molar-refractivity contribution is 7.99. The molecule has 3 heterocycles. The Kier molecular flexibility index (Phi) is 5.99. The first-order valence-corrected chi connectivity index (χ1v) is 12.3. The minimum atomic E-state index is -0.235. The van der Waals surface area contributed by atoms with Crippen molar-refractivity contribution in [1.29, 1.82) is 0 Å². The first kappa shape index (κ1) is 22.1. The molecule has 0 aliphatic rings. The van der Waals surface area contributed by atoms with Crippen molar-refractivity contribution in [2.75, 3.05) is 11.1 Å². The minimum absolute atomic E-state index is 0.0678. The number of nitrogens with one attached hydrogen (secondary N) is 1. The average Bonchev–Trinajstić information content (AvgIpc) is 3.48. The molecule has 0 aliphatic carbocycles. The monoisotopic (exact) mass is 489 g/mol. The van der Waals surface area contributed by atoms with Crippen LogP contribution in [-0.2, 0) is 11.3 Å². The zero-order valence-electron chi connectivity index (χ0n) is 18.1. The van der Waals surface area contributed by atoms with E-state index in [0.29, 0.717) is 33.4 Å². The van der Waals surface area contributed by atoms with Crippen molar-refractivity contribution in [3.05, 3.63) is 87.5 Å². The Labute approximate surface area is 202 Å². The number of amides is 1. The van der Waals surface area contributed by atoms with E-state index >= 15 is 0 Å². The molecule has 2 aromatic carbocycles. The third-order valence-corrected chi connectivity index (χ3v) is 7.07. The second-order valence-corrected chi connectivity index (χ2v) is 9.46. The maximum absolute atomic E-state index is 13.2. The summed E-state index contributed by atoms with van der Waals surface area (Å²) in [5.74, 6) is 0.217. The first-order chi connectivity index (χ1) is 16.5. The van der Waals surface area contributed by atoms with Gasteiger partial charge in [-0.25, -0.2) is 0 Å². The van der Waals surface area contributed by atoms with Crippen molar-refractivity contribution < 1.29 is 9.59 Å². The second kappa shape index (κ2) is 9.24. The van der Waals surface area contributed by atoms with E-state index in [1.807, 2.05) is 46.2 Å². The predicted molar refractivity (Wildman–Crippen MR) is 134 cm³/mol. The summed E-state index contributed by atoms with van der Waals surface area (Å²) in [4.78, 5) is 37.3. The molecule has 10 heteroatoms. The van der Waals surface area contributed by atoms with Gasteiger partial charge in [0.25, 0.3) is 5.56 Å². The van der Waals surface area contributed by atoms with Gasteiger partial charge < -0.3 is 5.32 Å². The Bertz CT molecular complexity index is 1590. The number of aromatic nitrogens is 4. The topological polar surface area (TPSA) is 98.4 Å². The van der Waals surface area contributed by atoms with Crippen molar-refractivity contribution in [2.45, 2.75) is 18.6 Å². The number of nitrogens with zero attached hydrogens (tertiary/aromatic N) is 4. The number of carbonyl (C=O) groups excluding carboxylic acids is 2. The van der Waals surface area contributed by atoms with Crippen LogP contribution in [0, 0.1) is 0 Å². The van der Waals surface area contributed by atoms with Crippen molar-refractivity contribution in [3.63, 3.8) is 0 Å². The molecule has 5 rings (SSSR count). The molecule has 3 aromatic heterocycles. The van der Waals surface area contributed by atoms with Gasteiger partial charge in [-0.1, -0.05) is 54.2 Å². The summed E-state index contributed by atoms with van der Waals surface area (Å²) >= 11 is 2.60. The van der Waals surface area contributed by atoms with Crippen molar-refractivity contribution >= 4 is 56.5 Å². The number of anilines is 1. The molecular weight excluding hydrogens is 470 g/mol. The maximum Gasteiger partial charge on any atom is 0.273 e. The van der Waals surface area contributed by atoms with Crippen LogP contribution in [0.25, 0.3) is 16.0 Å². The Morgan fingerprint density at radius 3 is 2.68 bits per heavy atom. The van der Waals surface area contributed by atoms with Crippen LogP contribution in [0.1, 0.15) is 22.8 Å². The number of ketones is 1. The third kappa shape index (κ3) is 4.25. The maximum atomic E-state index is 13.2. The van der Waals surface area contributed by atoms with Crippen LogP contribution in [0.15, 0.2) is 76.0 Å². The lowest BCUT2D eigenvalue weighted by Crippen LogP contribution is -2.23. The number of hydrogen-bond acceptors (Lipinski definition) is 7. The van der Waals surface area contributed by atoms with E-state index in [-0.39, 0.29) is 23.0 Å². The van der Waals surface area contributed by atoms with Crippen LogP contribution in [0.2, 0.25) is 0 Å². The highest BCUT2D eigenvalue weighted by Gasteiger charge is 2.19. The molecule has 0 saturated heterocycles. The summed E-state index contributed by atoms with van der Waals surface area (Å²) in [7, 11) is 0. The van der Waals surface area contributed by atoms with Gasteiger partial charge in [0.05, 0.1) is 17.8 Å². The Hall–Kier alpha value is -3.76. The lowest BCUT2D eigenvalue weighted by molar-refractivity contribution is -0.113. The van der Waals surface area contributed by atoms with Gasteiger partial charge in [0.15, 0.2) is 10.9 Å². The smallest absolute Gasteiger partial charge is 0.273 e. The molecular formula is C24H19N5O3S2. The molecule has 0 fully saturated rings. The molecule has 0 saturated carbocycles. The SMILES string of the molecule is CC(=O)c1cccc(NC(=O)CSc2nnc3n(Cc4ccccc4)c(=O)c4sccc4n23)c1. The first-order valence-electron chi connectivity index (χ1n) is 10.4. The van der Waals surface area contributed by atoms with E-state index in [1.54, 1.807) is 28.8 Å². The second-order valence-electron chi connectivity index (χ2n) is 7.60. The number of fused-ring (bicyclic) bond motifs is 3. The van der Waals surface area contributed by atoms with Gasteiger partial charge in [0.2, 0.25) is 11.7 Å². The number of thiophene rings is 1. The van der Waals surface area contributed by atoms with Gasteiger partial charge >= 0.3 is 0 Å². The van der Waals surface area contributed by atoms with Crippen LogP contribution in [-0.4, -0.2) is 36.6 Å². The number of thioether (sulfide) groups is 1. The van der Waals surface area contributed by atoms with Gasteiger partial charge in [0.1, 0.15) is 4.70 Å². The van der Waals surface area contributed by atoms with E-state index in [4.69, 9.17) is 0 Å². The van der Waals surface area contributed by atoms with Crippen molar-refractivity contribution in [2.24, 2.45) is 0 Å². The lowest BCUT2D eigenvalue weighted by Gasteiger charge is -2.09.